The van der Waals surface area contributed by atoms with Crippen LogP contribution in [0.3, 0.4) is 0 Å². The standard InChI is InChI=1S/C12H19NO4/c1-3-11(14)13(7-6-12(15)16-2)9-10-5-4-8-17-10/h3,10H,1,4-9H2,2H3. The van der Waals surface area contributed by atoms with Gasteiger partial charge in [-0.1, -0.05) is 6.58 Å². The fourth-order valence-electron chi connectivity index (χ4n) is 1.78. The van der Waals surface area contributed by atoms with Gasteiger partial charge in [-0.3, -0.25) is 9.59 Å². The molecule has 0 saturated carbocycles. The fraction of sp³-hybridized carbons (Fsp3) is 0.667. The molecule has 96 valence electrons. The van der Waals surface area contributed by atoms with Crippen LogP contribution in [0, 0.1) is 0 Å². The van der Waals surface area contributed by atoms with Crippen molar-refractivity contribution in [2.24, 2.45) is 0 Å². The first-order chi connectivity index (χ1) is 8.17. The Morgan fingerprint density at radius 2 is 2.35 bits per heavy atom. The Morgan fingerprint density at radius 1 is 1.59 bits per heavy atom. The van der Waals surface area contributed by atoms with E-state index in [2.05, 4.69) is 11.3 Å². The van der Waals surface area contributed by atoms with E-state index in [-0.39, 0.29) is 24.4 Å². The van der Waals surface area contributed by atoms with Gasteiger partial charge >= 0.3 is 5.97 Å². The van der Waals surface area contributed by atoms with Crippen LogP contribution in [0.1, 0.15) is 19.3 Å². The van der Waals surface area contributed by atoms with Crippen molar-refractivity contribution in [3.05, 3.63) is 12.7 Å². The largest absolute Gasteiger partial charge is 0.469 e. The molecule has 0 bridgehead atoms. The minimum Gasteiger partial charge on any atom is -0.469 e. The minimum atomic E-state index is -0.320. The second-order valence-corrected chi connectivity index (χ2v) is 3.95. The lowest BCUT2D eigenvalue weighted by Gasteiger charge is -2.23. The molecule has 1 rings (SSSR count). The van der Waals surface area contributed by atoms with Gasteiger partial charge in [-0.25, -0.2) is 0 Å². The Bertz CT molecular complexity index is 284. The van der Waals surface area contributed by atoms with Crippen molar-refractivity contribution < 1.29 is 19.1 Å². The van der Waals surface area contributed by atoms with Crippen LogP contribution in [-0.4, -0.2) is 49.7 Å². The maximum absolute atomic E-state index is 11.6. The summed E-state index contributed by atoms with van der Waals surface area (Å²) in [6, 6.07) is 0. The highest BCUT2D eigenvalue weighted by molar-refractivity contribution is 5.87. The molecule has 0 aromatic carbocycles. The number of rotatable bonds is 6. The van der Waals surface area contributed by atoms with Gasteiger partial charge in [0.05, 0.1) is 19.6 Å². The molecule has 0 aliphatic carbocycles. The molecule has 1 aliphatic heterocycles. The van der Waals surface area contributed by atoms with Crippen LogP contribution in [0.5, 0.6) is 0 Å². The van der Waals surface area contributed by atoms with Crippen LogP contribution in [0.15, 0.2) is 12.7 Å². The van der Waals surface area contributed by atoms with E-state index in [4.69, 9.17) is 4.74 Å². The van der Waals surface area contributed by atoms with Gasteiger partial charge in [-0.2, -0.15) is 0 Å². The molecular weight excluding hydrogens is 222 g/mol. The third-order valence-electron chi connectivity index (χ3n) is 2.75. The summed E-state index contributed by atoms with van der Waals surface area (Å²) in [6.07, 6.45) is 3.52. The zero-order valence-electron chi connectivity index (χ0n) is 10.2. The van der Waals surface area contributed by atoms with Crippen LogP contribution < -0.4 is 0 Å². The van der Waals surface area contributed by atoms with Gasteiger partial charge in [-0.15, -0.1) is 0 Å². The lowest BCUT2D eigenvalue weighted by Crippen LogP contribution is -2.37. The topological polar surface area (TPSA) is 55.8 Å². The van der Waals surface area contributed by atoms with Crippen molar-refractivity contribution in [2.45, 2.75) is 25.4 Å². The quantitative estimate of drug-likeness (QED) is 0.508. The Hall–Kier alpha value is -1.36. The number of esters is 1. The van der Waals surface area contributed by atoms with Crippen molar-refractivity contribution in [3.8, 4) is 0 Å². The molecular formula is C12H19NO4. The number of hydrogen-bond donors (Lipinski definition) is 0. The maximum Gasteiger partial charge on any atom is 0.307 e. The zero-order chi connectivity index (χ0) is 12.7. The lowest BCUT2D eigenvalue weighted by atomic mass is 10.2. The van der Waals surface area contributed by atoms with Crippen molar-refractivity contribution in [2.75, 3.05) is 26.8 Å². The molecule has 1 fully saturated rings. The second-order valence-electron chi connectivity index (χ2n) is 3.95. The molecule has 17 heavy (non-hydrogen) atoms. The second kappa shape index (κ2) is 7.06. The Morgan fingerprint density at radius 3 is 2.88 bits per heavy atom. The SMILES string of the molecule is C=CC(=O)N(CCC(=O)OC)CC1CCCO1. The molecule has 0 aromatic rings. The highest BCUT2D eigenvalue weighted by Crippen LogP contribution is 2.13. The van der Waals surface area contributed by atoms with Gasteiger partial charge in [0.25, 0.3) is 0 Å². The van der Waals surface area contributed by atoms with Gasteiger partial charge in [0.2, 0.25) is 5.91 Å². The first-order valence-electron chi connectivity index (χ1n) is 5.77. The molecule has 0 N–H and O–H groups in total. The Labute approximate surface area is 101 Å². The van der Waals surface area contributed by atoms with Crippen molar-refractivity contribution in [3.63, 3.8) is 0 Å². The Kier molecular flexibility index (Phi) is 5.69. The third-order valence-corrected chi connectivity index (χ3v) is 2.75. The van der Waals surface area contributed by atoms with Crippen LogP contribution in [-0.2, 0) is 19.1 Å². The fourth-order valence-corrected chi connectivity index (χ4v) is 1.78. The average Bonchev–Trinajstić information content (AvgIpc) is 2.85. The molecule has 1 heterocycles. The molecule has 5 nitrogen and oxygen atoms in total. The van der Waals surface area contributed by atoms with Crippen molar-refractivity contribution in [1.29, 1.82) is 0 Å². The van der Waals surface area contributed by atoms with E-state index in [0.717, 1.165) is 19.4 Å². The zero-order valence-corrected chi connectivity index (χ0v) is 10.2. The van der Waals surface area contributed by atoms with E-state index in [1.54, 1.807) is 4.90 Å². The highest BCUT2D eigenvalue weighted by atomic mass is 16.5. The number of amides is 1. The van der Waals surface area contributed by atoms with Crippen LogP contribution in [0.4, 0.5) is 0 Å². The summed E-state index contributed by atoms with van der Waals surface area (Å²) in [4.78, 5) is 24.2. The van der Waals surface area contributed by atoms with Crippen molar-refractivity contribution >= 4 is 11.9 Å². The maximum atomic E-state index is 11.6. The monoisotopic (exact) mass is 241 g/mol. The summed E-state index contributed by atoms with van der Waals surface area (Å²) in [7, 11) is 1.34. The molecule has 1 amide bonds. The number of hydrogen-bond acceptors (Lipinski definition) is 4. The normalized spacial score (nSPS) is 18.8. The average molecular weight is 241 g/mol. The van der Waals surface area contributed by atoms with Gasteiger partial charge in [0.15, 0.2) is 0 Å². The van der Waals surface area contributed by atoms with Crippen molar-refractivity contribution in [1.82, 2.24) is 4.90 Å². The van der Waals surface area contributed by atoms with E-state index in [0.29, 0.717) is 13.1 Å². The summed E-state index contributed by atoms with van der Waals surface area (Å²) < 4.78 is 10.0. The van der Waals surface area contributed by atoms with Gasteiger partial charge < -0.3 is 14.4 Å². The lowest BCUT2D eigenvalue weighted by molar-refractivity contribution is -0.141. The predicted octanol–water partition coefficient (Wildman–Crippen LogP) is 0.743. The van der Waals surface area contributed by atoms with E-state index in [9.17, 15) is 9.59 Å². The van der Waals surface area contributed by atoms with Gasteiger partial charge in [0.1, 0.15) is 0 Å². The molecule has 0 spiro atoms. The van der Waals surface area contributed by atoms with E-state index < -0.39 is 0 Å². The predicted molar refractivity (Wildman–Crippen MR) is 62.4 cm³/mol. The van der Waals surface area contributed by atoms with Crippen LogP contribution in [0.25, 0.3) is 0 Å². The molecule has 1 saturated heterocycles. The number of methoxy groups -OCH3 is 1. The summed E-state index contributed by atoms with van der Waals surface area (Å²) >= 11 is 0. The number of ether oxygens (including phenoxy) is 2. The highest BCUT2D eigenvalue weighted by Gasteiger charge is 2.21. The first kappa shape index (κ1) is 13.7. The van der Waals surface area contributed by atoms with Crippen LogP contribution in [0.2, 0.25) is 0 Å². The Balaban J connectivity index is 2.44. The number of nitrogens with zero attached hydrogens (tertiary/aromatic N) is 1. The molecule has 0 radical (unpaired) electrons. The van der Waals surface area contributed by atoms with E-state index in [1.807, 2.05) is 0 Å². The molecule has 1 unspecified atom stereocenters. The minimum absolute atomic E-state index is 0.0801. The summed E-state index contributed by atoms with van der Waals surface area (Å²) in [5.41, 5.74) is 0. The smallest absolute Gasteiger partial charge is 0.307 e. The molecule has 1 aliphatic rings. The molecule has 1 atom stereocenters. The van der Waals surface area contributed by atoms with Gasteiger partial charge in [0, 0.05) is 19.7 Å². The van der Waals surface area contributed by atoms with Crippen LogP contribution >= 0.6 is 0 Å². The van der Waals surface area contributed by atoms with Gasteiger partial charge in [-0.05, 0) is 18.9 Å². The number of carbonyl (C=O) groups is 2. The first-order valence-corrected chi connectivity index (χ1v) is 5.77. The summed E-state index contributed by atoms with van der Waals surface area (Å²) in [5, 5.41) is 0. The van der Waals surface area contributed by atoms with E-state index in [1.165, 1.54) is 13.2 Å². The van der Waals surface area contributed by atoms with E-state index >= 15 is 0 Å². The molecule has 0 aromatic heterocycles. The molecule has 5 heteroatoms. The number of carbonyl (C=O) groups excluding carboxylic acids is 2. The summed E-state index contributed by atoms with van der Waals surface area (Å²) in [6.45, 7) is 5.06. The summed E-state index contributed by atoms with van der Waals surface area (Å²) in [5.74, 6) is -0.497. The third kappa shape index (κ3) is 4.56.